The van der Waals surface area contributed by atoms with Crippen molar-refractivity contribution in [1.82, 2.24) is 4.98 Å². The SMILES string of the molecule is CCP(=O)(CC)C(Cc1ccc(C)nc1C)c1cc(OC)c(O)c(OC)c1. The van der Waals surface area contributed by atoms with E-state index in [0.29, 0.717) is 30.2 Å². The quantitative estimate of drug-likeness (QED) is 0.634. The van der Waals surface area contributed by atoms with E-state index < -0.39 is 7.14 Å². The zero-order valence-corrected chi connectivity index (χ0v) is 18.0. The van der Waals surface area contributed by atoms with Gasteiger partial charge in [-0.15, -0.1) is 0 Å². The third-order valence-corrected chi connectivity index (χ3v) is 9.03. The minimum absolute atomic E-state index is 0.0430. The number of phenolic OH excluding ortho intramolecular Hbond substituents is 1. The van der Waals surface area contributed by atoms with Crippen LogP contribution in [0.15, 0.2) is 24.3 Å². The minimum Gasteiger partial charge on any atom is -0.502 e. The van der Waals surface area contributed by atoms with Crippen LogP contribution in [0.25, 0.3) is 0 Å². The lowest BCUT2D eigenvalue weighted by molar-refractivity contribution is 0.339. The number of aromatic nitrogens is 1. The Morgan fingerprint density at radius 1 is 1.07 bits per heavy atom. The molecule has 1 N–H and O–H groups in total. The Hall–Kier alpha value is -2.00. The average Bonchev–Trinajstić information content (AvgIpc) is 2.67. The summed E-state index contributed by atoms with van der Waals surface area (Å²) in [6.45, 7) is 7.91. The number of benzene rings is 1. The zero-order chi connectivity index (χ0) is 20.2. The van der Waals surface area contributed by atoms with Gasteiger partial charge >= 0.3 is 0 Å². The van der Waals surface area contributed by atoms with Gasteiger partial charge in [0.2, 0.25) is 5.75 Å². The van der Waals surface area contributed by atoms with Crippen LogP contribution in [-0.4, -0.2) is 36.6 Å². The molecule has 148 valence electrons. The van der Waals surface area contributed by atoms with Crippen LogP contribution in [0.3, 0.4) is 0 Å². The van der Waals surface area contributed by atoms with Crippen molar-refractivity contribution < 1.29 is 19.1 Å². The standard InChI is InChI=1S/C21H30NO4P/c1-7-27(24,8-2)20(13-16-10-9-14(3)22-15(16)4)17-11-18(25-5)21(23)19(12-17)26-6/h9-12,20,23H,7-8,13H2,1-6H3. The van der Waals surface area contributed by atoms with Gasteiger partial charge in [-0.25, -0.2) is 0 Å². The van der Waals surface area contributed by atoms with Crippen LogP contribution in [0.2, 0.25) is 0 Å². The molecule has 1 heterocycles. The highest BCUT2D eigenvalue weighted by Crippen LogP contribution is 2.61. The van der Waals surface area contributed by atoms with Crippen molar-refractivity contribution in [2.45, 2.75) is 39.8 Å². The molecule has 0 aliphatic heterocycles. The number of methoxy groups -OCH3 is 2. The van der Waals surface area contributed by atoms with Gasteiger partial charge in [-0.3, -0.25) is 4.98 Å². The Bertz CT molecular complexity index is 817. The Morgan fingerprint density at radius 2 is 1.63 bits per heavy atom. The van der Waals surface area contributed by atoms with E-state index in [1.54, 1.807) is 12.1 Å². The first kappa shape index (κ1) is 21.3. The molecular formula is C21H30NO4P. The van der Waals surface area contributed by atoms with Crippen LogP contribution in [-0.2, 0) is 11.0 Å². The summed E-state index contributed by atoms with van der Waals surface area (Å²) in [5, 5.41) is 10.2. The Labute approximate surface area is 162 Å². The largest absolute Gasteiger partial charge is 0.502 e. The molecule has 1 unspecified atom stereocenters. The minimum atomic E-state index is -2.51. The van der Waals surface area contributed by atoms with Gasteiger partial charge in [0.05, 0.1) is 21.4 Å². The normalized spacial score (nSPS) is 12.7. The summed E-state index contributed by atoms with van der Waals surface area (Å²) in [5.74, 6) is 0.609. The van der Waals surface area contributed by atoms with Gasteiger partial charge in [-0.2, -0.15) is 0 Å². The molecule has 0 aliphatic carbocycles. The Morgan fingerprint density at radius 3 is 2.07 bits per heavy atom. The van der Waals surface area contributed by atoms with E-state index in [-0.39, 0.29) is 11.4 Å². The lowest BCUT2D eigenvalue weighted by atomic mass is 10.0. The van der Waals surface area contributed by atoms with E-state index in [2.05, 4.69) is 11.1 Å². The number of aromatic hydroxyl groups is 1. The fourth-order valence-electron chi connectivity index (χ4n) is 3.47. The van der Waals surface area contributed by atoms with Crippen LogP contribution < -0.4 is 9.47 Å². The third-order valence-electron chi connectivity index (χ3n) is 5.27. The zero-order valence-electron chi connectivity index (χ0n) is 17.1. The number of aryl methyl sites for hydroxylation is 2. The molecule has 0 fully saturated rings. The van der Waals surface area contributed by atoms with Gasteiger partial charge in [0, 0.05) is 17.0 Å². The molecule has 0 radical (unpaired) electrons. The molecule has 0 saturated heterocycles. The first-order chi connectivity index (χ1) is 12.8. The highest BCUT2D eigenvalue weighted by atomic mass is 31.2. The molecular weight excluding hydrogens is 361 g/mol. The summed E-state index contributed by atoms with van der Waals surface area (Å²) in [6.07, 6.45) is 1.84. The Kier molecular flexibility index (Phi) is 6.94. The molecule has 0 amide bonds. The van der Waals surface area contributed by atoms with Crippen LogP contribution >= 0.6 is 7.14 Å². The summed E-state index contributed by atoms with van der Waals surface area (Å²) < 4.78 is 24.4. The van der Waals surface area contributed by atoms with Crippen molar-refractivity contribution in [3.05, 3.63) is 46.8 Å². The van der Waals surface area contributed by atoms with Crippen LogP contribution in [0, 0.1) is 13.8 Å². The number of hydrogen-bond acceptors (Lipinski definition) is 5. The fourth-order valence-corrected chi connectivity index (χ4v) is 6.02. The number of ether oxygens (including phenoxy) is 2. The molecule has 0 saturated carbocycles. The molecule has 5 nitrogen and oxygen atoms in total. The topological polar surface area (TPSA) is 68.7 Å². The highest BCUT2D eigenvalue weighted by Gasteiger charge is 2.33. The lowest BCUT2D eigenvalue weighted by Crippen LogP contribution is -2.10. The van der Waals surface area contributed by atoms with E-state index >= 15 is 0 Å². The summed E-state index contributed by atoms with van der Waals surface area (Å²) >= 11 is 0. The number of nitrogens with zero attached hydrogens (tertiary/aromatic N) is 1. The molecule has 27 heavy (non-hydrogen) atoms. The highest BCUT2D eigenvalue weighted by molar-refractivity contribution is 7.64. The monoisotopic (exact) mass is 391 g/mol. The summed E-state index contributed by atoms with van der Waals surface area (Å²) in [6, 6.07) is 7.60. The second-order valence-electron chi connectivity index (χ2n) is 6.78. The number of hydrogen-bond donors (Lipinski definition) is 1. The molecule has 2 aromatic rings. The average molecular weight is 391 g/mol. The summed E-state index contributed by atoms with van der Waals surface area (Å²) in [5.41, 5.74) is 3.66. The summed E-state index contributed by atoms with van der Waals surface area (Å²) in [4.78, 5) is 4.56. The van der Waals surface area contributed by atoms with Gasteiger partial charge in [-0.05, 0) is 61.9 Å². The van der Waals surface area contributed by atoms with E-state index in [1.165, 1.54) is 14.2 Å². The third kappa shape index (κ3) is 4.47. The molecule has 0 spiro atoms. The van der Waals surface area contributed by atoms with Gasteiger partial charge in [0.25, 0.3) is 0 Å². The van der Waals surface area contributed by atoms with E-state index in [9.17, 15) is 9.67 Å². The van der Waals surface area contributed by atoms with Crippen LogP contribution in [0.1, 0.15) is 42.0 Å². The first-order valence-electron chi connectivity index (χ1n) is 9.25. The maximum absolute atomic E-state index is 13.8. The molecule has 1 aromatic carbocycles. The van der Waals surface area contributed by atoms with Crippen LogP contribution in [0.5, 0.6) is 17.2 Å². The van der Waals surface area contributed by atoms with E-state index in [0.717, 1.165) is 22.5 Å². The smallest absolute Gasteiger partial charge is 0.200 e. The van der Waals surface area contributed by atoms with Gasteiger partial charge < -0.3 is 19.1 Å². The molecule has 1 atom stereocenters. The molecule has 6 heteroatoms. The first-order valence-corrected chi connectivity index (χ1v) is 11.4. The van der Waals surface area contributed by atoms with Crippen molar-refractivity contribution in [1.29, 1.82) is 0 Å². The molecule has 2 rings (SSSR count). The lowest BCUT2D eigenvalue weighted by Gasteiger charge is -2.28. The van der Waals surface area contributed by atoms with Gasteiger partial charge in [0.15, 0.2) is 11.5 Å². The van der Waals surface area contributed by atoms with Gasteiger partial charge in [0.1, 0.15) is 0 Å². The second-order valence-corrected chi connectivity index (χ2v) is 10.6. The van der Waals surface area contributed by atoms with Crippen molar-refractivity contribution in [2.24, 2.45) is 0 Å². The van der Waals surface area contributed by atoms with E-state index in [4.69, 9.17) is 9.47 Å². The Balaban J connectivity index is 2.62. The van der Waals surface area contributed by atoms with Crippen molar-refractivity contribution >= 4 is 7.14 Å². The van der Waals surface area contributed by atoms with Crippen molar-refractivity contribution in [3.63, 3.8) is 0 Å². The number of pyridine rings is 1. The molecule has 0 aliphatic rings. The van der Waals surface area contributed by atoms with Crippen LogP contribution in [0.4, 0.5) is 0 Å². The maximum atomic E-state index is 13.8. The van der Waals surface area contributed by atoms with Crippen molar-refractivity contribution in [3.8, 4) is 17.2 Å². The summed E-state index contributed by atoms with van der Waals surface area (Å²) in [7, 11) is 0.494. The predicted octanol–water partition coefficient (Wildman–Crippen LogP) is 5.11. The van der Waals surface area contributed by atoms with E-state index in [1.807, 2.05) is 33.8 Å². The predicted molar refractivity (Wildman–Crippen MR) is 110 cm³/mol. The second kappa shape index (κ2) is 8.79. The maximum Gasteiger partial charge on any atom is 0.200 e. The number of rotatable bonds is 8. The molecule has 0 bridgehead atoms. The van der Waals surface area contributed by atoms with Crippen molar-refractivity contribution in [2.75, 3.05) is 26.5 Å². The fraction of sp³-hybridized carbons (Fsp3) is 0.476. The van der Waals surface area contributed by atoms with Gasteiger partial charge in [-0.1, -0.05) is 19.9 Å². The number of phenols is 1. The molecule has 1 aromatic heterocycles.